The highest BCUT2D eigenvalue weighted by atomic mass is 32.2. The predicted molar refractivity (Wildman–Crippen MR) is 176 cm³/mol. The van der Waals surface area contributed by atoms with Crippen molar-refractivity contribution >= 4 is 41.0 Å². The third-order valence-corrected chi connectivity index (χ3v) is 8.53. The summed E-state index contributed by atoms with van der Waals surface area (Å²) in [5.74, 6) is -1.56. The molecule has 0 saturated carbocycles. The Kier molecular flexibility index (Phi) is 8.81. The molecule has 46 heavy (non-hydrogen) atoms. The number of carbonyl (C=O) groups excluding carboxylic acids is 4. The van der Waals surface area contributed by atoms with Crippen molar-refractivity contribution in [2.75, 3.05) is 4.90 Å². The first-order valence-corrected chi connectivity index (χ1v) is 15.5. The van der Waals surface area contributed by atoms with E-state index in [0.29, 0.717) is 23.6 Å². The number of benzene rings is 5. The maximum Gasteiger partial charge on any atom is 0.338 e. The smallest absolute Gasteiger partial charge is 0.338 e. The highest BCUT2D eigenvalue weighted by Crippen LogP contribution is 2.33. The summed E-state index contributed by atoms with van der Waals surface area (Å²) in [6.07, 6.45) is -1.08. The van der Waals surface area contributed by atoms with Crippen LogP contribution in [-0.2, 0) is 11.3 Å². The van der Waals surface area contributed by atoms with Gasteiger partial charge < -0.3 is 9.47 Å². The number of imide groups is 1. The first kappa shape index (κ1) is 30.6. The molecule has 7 nitrogen and oxygen atoms in total. The molecule has 1 aliphatic heterocycles. The molecule has 5 aromatic rings. The van der Waals surface area contributed by atoms with E-state index in [0.717, 1.165) is 20.3 Å². The van der Waals surface area contributed by atoms with Crippen molar-refractivity contribution in [2.45, 2.75) is 36.3 Å². The molecule has 1 aliphatic rings. The van der Waals surface area contributed by atoms with Crippen molar-refractivity contribution in [3.8, 4) is 5.75 Å². The Hall–Kier alpha value is -5.47. The van der Waals surface area contributed by atoms with Crippen LogP contribution in [0.25, 0.3) is 0 Å². The molecule has 8 heteroatoms. The Bertz CT molecular complexity index is 1920. The highest BCUT2D eigenvalue weighted by molar-refractivity contribution is 7.99. The summed E-state index contributed by atoms with van der Waals surface area (Å²) in [4.78, 5) is 55.7. The zero-order chi connectivity index (χ0) is 32.2. The minimum atomic E-state index is -1.08. The zero-order valence-corrected chi connectivity index (χ0v) is 26.0. The van der Waals surface area contributed by atoms with Gasteiger partial charge in [0, 0.05) is 15.4 Å². The van der Waals surface area contributed by atoms with Crippen molar-refractivity contribution in [1.82, 2.24) is 0 Å². The summed E-state index contributed by atoms with van der Waals surface area (Å²) < 4.78 is 11.2. The molecule has 0 fully saturated rings. The van der Waals surface area contributed by atoms with E-state index in [4.69, 9.17) is 9.47 Å². The van der Waals surface area contributed by atoms with E-state index in [9.17, 15) is 19.2 Å². The van der Waals surface area contributed by atoms with Gasteiger partial charge >= 0.3 is 5.97 Å². The number of esters is 1. The number of ether oxygens (including phenoxy) is 2. The molecule has 5 aromatic carbocycles. The number of fused-ring (bicyclic) bond motifs is 1. The van der Waals surface area contributed by atoms with Gasteiger partial charge in [-0.25, -0.2) is 9.69 Å². The summed E-state index contributed by atoms with van der Waals surface area (Å²) in [5, 5.41) is 0. The topological polar surface area (TPSA) is 90.0 Å². The fourth-order valence-electron chi connectivity index (χ4n) is 4.98. The van der Waals surface area contributed by atoms with Gasteiger partial charge in [0.2, 0.25) is 5.78 Å². The molecule has 228 valence electrons. The molecular weight excluding hydrogens is 598 g/mol. The quantitative estimate of drug-likeness (QED) is 0.0882. The number of carbonyl (C=O) groups is 4. The van der Waals surface area contributed by atoms with Gasteiger partial charge in [0.15, 0.2) is 6.10 Å². The van der Waals surface area contributed by atoms with Gasteiger partial charge in [-0.05, 0) is 98.3 Å². The minimum Gasteiger partial charge on any atom is -0.489 e. The maximum atomic E-state index is 13.3. The summed E-state index contributed by atoms with van der Waals surface area (Å²) in [6.45, 7) is 3.92. The van der Waals surface area contributed by atoms with Crippen molar-refractivity contribution in [3.63, 3.8) is 0 Å². The van der Waals surface area contributed by atoms with Gasteiger partial charge in [0.25, 0.3) is 11.8 Å². The van der Waals surface area contributed by atoms with Crippen LogP contribution in [-0.4, -0.2) is 29.7 Å². The van der Waals surface area contributed by atoms with E-state index in [1.165, 1.54) is 30.7 Å². The van der Waals surface area contributed by atoms with Crippen LogP contribution in [0.3, 0.4) is 0 Å². The zero-order valence-electron chi connectivity index (χ0n) is 25.1. The van der Waals surface area contributed by atoms with Crippen LogP contribution in [0, 0.1) is 6.92 Å². The van der Waals surface area contributed by atoms with Gasteiger partial charge in [0.1, 0.15) is 12.4 Å². The molecular formula is C38H29NO6S. The number of aryl methyl sites for hydroxylation is 1. The third-order valence-electron chi connectivity index (χ3n) is 7.51. The largest absolute Gasteiger partial charge is 0.489 e. The molecule has 0 unspecified atom stereocenters. The fraction of sp³-hybridized carbons (Fsp3) is 0.105. The second-order valence-corrected chi connectivity index (χ2v) is 12.0. The Morgan fingerprint density at radius 3 is 2.00 bits per heavy atom. The third kappa shape index (κ3) is 6.62. The first-order valence-electron chi connectivity index (χ1n) is 14.7. The molecule has 6 rings (SSSR count). The van der Waals surface area contributed by atoms with Crippen molar-refractivity contribution in [2.24, 2.45) is 0 Å². The Morgan fingerprint density at radius 1 is 0.717 bits per heavy atom. The Morgan fingerprint density at radius 2 is 1.33 bits per heavy atom. The van der Waals surface area contributed by atoms with Crippen molar-refractivity contribution < 1.29 is 28.7 Å². The number of amides is 2. The summed E-state index contributed by atoms with van der Waals surface area (Å²) in [6, 6.07) is 35.9. The van der Waals surface area contributed by atoms with Gasteiger partial charge in [-0.15, -0.1) is 0 Å². The molecule has 0 aliphatic carbocycles. The Labute approximate surface area is 270 Å². The lowest BCUT2D eigenvalue weighted by molar-refractivity contribution is 0.0318. The van der Waals surface area contributed by atoms with Crippen LogP contribution in [0.4, 0.5) is 5.69 Å². The number of hydrogen-bond donors (Lipinski definition) is 0. The minimum absolute atomic E-state index is 0.0657. The lowest BCUT2D eigenvalue weighted by atomic mass is 10.1. The predicted octanol–water partition coefficient (Wildman–Crippen LogP) is 7.95. The van der Waals surface area contributed by atoms with Gasteiger partial charge in [-0.1, -0.05) is 59.8 Å². The van der Waals surface area contributed by atoms with Crippen LogP contribution in [0.15, 0.2) is 131 Å². The second kappa shape index (κ2) is 13.3. The van der Waals surface area contributed by atoms with Crippen LogP contribution in [0.1, 0.15) is 59.5 Å². The van der Waals surface area contributed by atoms with E-state index in [2.05, 4.69) is 0 Å². The van der Waals surface area contributed by atoms with E-state index in [-0.39, 0.29) is 22.5 Å². The van der Waals surface area contributed by atoms with E-state index in [1.54, 1.807) is 48.2 Å². The normalized spacial score (nSPS) is 12.9. The number of Topliss-reactive ketones (excluding diaryl/α,β-unsaturated/α-hetero) is 1. The summed E-state index contributed by atoms with van der Waals surface area (Å²) >= 11 is 1.58. The molecule has 0 N–H and O–H groups in total. The second-order valence-electron chi connectivity index (χ2n) is 10.8. The number of anilines is 1. The lowest BCUT2D eigenvalue weighted by Gasteiger charge is -2.14. The fourth-order valence-corrected chi connectivity index (χ4v) is 5.80. The van der Waals surface area contributed by atoms with Gasteiger partial charge in [0.05, 0.1) is 22.4 Å². The van der Waals surface area contributed by atoms with Crippen LogP contribution >= 0.6 is 11.8 Å². The summed E-state index contributed by atoms with van der Waals surface area (Å²) in [5.41, 5.74) is 3.35. The molecule has 0 saturated heterocycles. The SMILES string of the molecule is Cc1ccc(Sc2ccc(N3C(=O)c4ccc(C(=O)O[C@H](C)C(=O)c5ccc(OCc6ccccc6)cc5)cc4C3=O)cc2)cc1. The van der Waals surface area contributed by atoms with Crippen molar-refractivity contribution in [3.05, 3.63) is 155 Å². The maximum absolute atomic E-state index is 13.3. The average molecular weight is 628 g/mol. The van der Waals surface area contributed by atoms with Crippen LogP contribution in [0.2, 0.25) is 0 Å². The molecule has 0 bridgehead atoms. The molecule has 0 radical (unpaired) electrons. The van der Waals surface area contributed by atoms with E-state index in [1.807, 2.05) is 73.7 Å². The molecule has 0 aromatic heterocycles. The number of nitrogens with zero attached hydrogens (tertiary/aromatic N) is 1. The molecule has 1 heterocycles. The van der Waals surface area contributed by atoms with Gasteiger partial charge in [-0.3, -0.25) is 14.4 Å². The van der Waals surface area contributed by atoms with Crippen molar-refractivity contribution in [1.29, 1.82) is 0 Å². The van der Waals surface area contributed by atoms with E-state index >= 15 is 0 Å². The number of ketones is 1. The Balaban J connectivity index is 1.08. The number of rotatable bonds is 10. The monoisotopic (exact) mass is 627 g/mol. The van der Waals surface area contributed by atoms with E-state index < -0.39 is 23.9 Å². The van der Waals surface area contributed by atoms with Crippen LogP contribution in [0.5, 0.6) is 5.75 Å². The molecule has 1 atom stereocenters. The molecule has 2 amide bonds. The highest BCUT2D eigenvalue weighted by Gasteiger charge is 2.37. The summed E-state index contributed by atoms with van der Waals surface area (Å²) in [7, 11) is 0. The number of hydrogen-bond acceptors (Lipinski definition) is 7. The average Bonchev–Trinajstić information content (AvgIpc) is 3.34. The standard InChI is InChI=1S/C38H29NO6S/c1-24-8-17-31(18-9-24)46-32-19-13-29(14-20-32)39-36(41)33-21-12-28(22-34(33)37(39)42)38(43)45-25(2)35(40)27-10-15-30(16-11-27)44-23-26-6-4-3-5-7-26/h3-22,25H,23H2,1-2H3/t25-/m1/s1. The van der Waals surface area contributed by atoms with Gasteiger partial charge in [-0.2, -0.15) is 0 Å². The first-order chi connectivity index (χ1) is 22.3. The van der Waals surface area contributed by atoms with Crippen LogP contribution < -0.4 is 9.64 Å². The lowest BCUT2D eigenvalue weighted by Crippen LogP contribution is -2.29. The molecule has 0 spiro atoms.